The summed E-state index contributed by atoms with van der Waals surface area (Å²) in [6.45, 7) is 2.07. The number of nitrogens with zero attached hydrogens (tertiary/aromatic N) is 5. The van der Waals surface area contributed by atoms with Gasteiger partial charge in [-0.05, 0) is 23.8 Å². The molecule has 0 unspecified atom stereocenters. The van der Waals surface area contributed by atoms with Crippen LogP contribution in [-0.4, -0.2) is 59.5 Å². The van der Waals surface area contributed by atoms with Gasteiger partial charge in [0.2, 0.25) is 5.95 Å². The van der Waals surface area contributed by atoms with E-state index in [1.807, 2.05) is 11.0 Å². The first-order valence-corrected chi connectivity index (χ1v) is 9.01. The molecule has 2 amide bonds. The minimum atomic E-state index is -0.290. The van der Waals surface area contributed by atoms with E-state index in [1.54, 1.807) is 37.3 Å². The summed E-state index contributed by atoms with van der Waals surface area (Å²) in [6, 6.07) is 7.98. The van der Waals surface area contributed by atoms with Gasteiger partial charge in [0, 0.05) is 51.8 Å². The van der Waals surface area contributed by atoms with Gasteiger partial charge >= 0.3 is 6.03 Å². The fourth-order valence-electron chi connectivity index (χ4n) is 4.29. The Hall–Kier alpha value is -2.90. The van der Waals surface area contributed by atoms with Crippen molar-refractivity contribution in [3.63, 3.8) is 0 Å². The largest absolute Gasteiger partial charge is 0.384 e. The molecule has 142 valence electrons. The number of hydrogen-bond acceptors (Lipinski definition) is 5. The highest BCUT2D eigenvalue weighted by molar-refractivity contribution is 5.75. The molecule has 7 nitrogen and oxygen atoms in total. The van der Waals surface area contributed by atoms with Crippen LogP contribution in [0.4, 0.5) is 21.0 Å². The molecule has 8 heteroatoms. The molecule has 0 radical (unpaired) electrons. The zero-order chi connectivity index (χ0) is 19.1. The molecule has 2 aromatic rings. The molecule has 2 aliphatic heterocycles. The quantitative estimate of drug-likeness (QED) is 0.875. The minimum Gasteiger partial charge on any atom is -0.384 e. The number of carbonyl (C=O) groups is 1. The number of halogens is 1. The van der Waals surface area contributed by atoms with Crippen LogP contribution in [0.25, 0.3) is 0 Å². The molecule has 4 rings (SSSR count). The van der Waals surface area contributed by atoms with E-state index < -0.39 is 0 Å². The number of urea groups is 1. The third-order valence-electron chi connectivity index (χ3n) is 5.43. The summed E-state index contributed by atoms with van der Waals surface area (Å²) >= 11 is 0. The molecule has 2 saturated heterocycles. The van der Waals surface area contributed by atoms with Crippen molar-refractivity contribution in [2.75, 3.05) is 44.4 Å². The highest BCUT2D eigenvalue weighted by atomic mass is 19.1. The van der Waals surface area contributed by atoms with Gasteiger partial charge in [0.05, 0.1) is 6.04 Å². The number of anilines is 2. The molecule has 2 aliphatic rings. The van der Waals surface area contributed by atoms with Crippen LogP contribution in [0.15, 0.2) is 36.5 Å². The second kappa shape index (κ2) is 6.68. The average molecular weight is 370 g/mol. The van der Waals surface area contributed by atoms with E-state index in [4.69, 9.17) is 5.73 Å². The van der Waals surface area contributed by atoms with Crippen molar-refractivity contribution in [1.29, 1.82) is 0 Å². The normalized spacial score (nSPS) is 24.2. The van der Waals surface area contributed by atoms with Gasteiger partial charge in [0.15, 0.2) is 0 Å². The standard InChI is InChI=1S/C19H23FN6O/c1-24(2)19(27)26-10-13-9-25(18-22-7-6-16(21)23-18)11-15(13)17(26)12-4-3-5-14(20)8-12/h3-8,13,15,17H,9-11H2,1-2H3,(H2,21,22,23)/t13-,15-,17+/m1/s1. The third-order valence-corrected chi connectivity index (χ3v) is 5.43. The number of fused-ring (bicyclic) bond motifs is 1. The Kier molecular flexibility index (Phi) is 4.33. The molecular formula is C19H23FN6O. The van der Waals surface area contributed by atoms with Crippen molar-refractivity contribution < 1.29 is 9.18 Å². The summed E-state index contributed by atoms with van der Waals surface area (Å²) < 4.78 is 13.9. The van der Waals surface area contributed by atoms with Crippen molar-refractivity contribution in [1.82, 2.24) is 19.8 Å². The van der Waals surface area contributed by atoms with Crippen LogP contribution in [0, 0.1) is 17.7 Å². The van der Waals surface area contributed by atoms with Gasteiger partial charge in [0.1, 0.15) is 11.6 Å². The molecular weight excluding hydrogens is 347 g/mol. The first-order valence-electron chi connectivity index (χ1n) is 9.01. The summed E-state index contributed by atoms with van der Waals surface area (Å²) in [5, 5.41) is 0. The molecule has 27 heavy (non-hydrogen) atoms. The molecule has 1 aromatic carbocycles. The van der Waals surface area contributed by atoms with Gasteiger partial charge in [0.25, 0.3) is 0 Å². The molecule has 0 spiro atoms. The summed E-state index contributed by atoms with van der Waals surface area (Å²) in [6.07, 6.45) is 1.65. The SMILES string of the molecule is CN(C)C(=O)N1C[C@H]2CN(c3nccc(N)n3)C[C@H]2[C@@H]1c1cccc(F)c1. The molecule has 3 heterocycles. The van der Waals surface area contributed by atoms with Crippen molar-refractivity contribution in [3.05, 3.63) is 47.9 Å². The number of likely N-dealkylation sites (tertiary alicyclic amines) is 1. The predicted octanol–water partition coefficient (Wildman–Crippen LogP) is 1.99. The van der Waals surface area contributed by atoms with E-state index in [0.717, 1.165) is 12.1 Å². The van der Waals surface area contributed by atoms with E-state index in [-0.39, 0.29) is 29.7 Å². The van der Waals surface area contributed by atoms with Crippen LogP contribution < -0.4 is 10.6 Å². The zero-order valence-corrected chi connectivity index (χ0v) is 15.4. The number of nitrogens with two attached hydrogens (primary N) is 1. The number of amides is 2. The van der Waals surface area contributed by atoms with E-state index in [2.05, 4.69) is 14.9 Å². The lowest BCUT2D eigenvalue weighted by molar-refractivity contribution is 0.159. The Morgan fingerprint density at radius 1 is 1.26 bits per heavy atom. The number of rotatable bonds is 2. The predicted molar refractivity (Wildman–Crippen MR) is 101 cm³/mol. The average Bonchev–Trinajstić information content (AvgIpc) is 3.18. The van der Waals surface area contributed by atoms with Gasteiger partial charge in [-0.3, -0.25) is 0 Å². The summed E-state index contributed by atoms with van der Waals surface area (Å²) in [7, 11) is 3.48. The number of carbonyl (C=O) groups excluding carboxylic acids is 1. The molecule has 0 saturated carbocycles. The maximum Gasteiger partial charge on any atom is 0.320 e. The van der Waals surface area contributed by atoms with Crippen molar-refractivity contribution in [2.45, 2.75) is 6.04 Å². The fraction of sp³-hybridized carbons (Fsp3) is 0.421. The van der Waals surface area contributed by atoms with Gasteiger partial charge in [-0.25, -0.2) is 14.2 Å². The molecule has 0 aliphatic carbocycles. The topological polar surface area (TPSA) is 78.6 Å². The zero-order valence-electron chi connectivity index (χ0n) is 15.4. The Labute approximate surface area is 157 Å². The maximum absolute atomic E-state index is 13.9. The molecule has 1 aromatic heterocycles. The Balaban J connectivity index is 1.65. The third kappa shape index (κ3) is 3.15. The van der Waals surface area contributed by atoms with Crippen molar-refractivity contribution in [2.24, 2.45) is 11.8 Å². The number of hydrogen-bond donors (Lipinski definition) is 1. The highest BCUT2D eigenvalue weighted by Crippen LogP contribution is 2.45. The van der Waals surface area contributed by atoms with E-state index >= 15 is 0 Å². The lowest BCUT2D eigenvalue weighted by Crippen LogP contribution is -2.41. The second-order valence-electron chi connectivity index (χ2n) is 7.44. The van der Waals surface area contributed by atoms with Crippen LogP contribution in [0.3, 0.4) is 0 Å². The van der Waals surface area contributed by atoms with Crippen LogP contribution in [-0.2, 0) is 0 Å². The van der Waals surface area contributed by atoms with Gasteiger partial charge < -0.3 is 20.4 Å². The van der Waals surface area contributed by atoms with E-state index in [1.165, 1.54) is 12.1 Å². The highest BCUT2D eigenvalue weighted by Gasteiger charge is 2.50. The second-order valence-corrected chi connectivity index (χ2v) is 7.44. The van der Waals surface area contributed by atoms with E-state index in [9.17, 15) is 9.18 Å². The number of benzene rings is 1. The lowest BCUT2D eigenvalue weighted by atomic mass is 9.89. The molecule has 2 fully saturated rings. The monoisotopic (exact) mass is 370 g/mol. The van der Waals surface area contributed by atoms with Gasteiger partial charge in [-0.15, -0.1) is 0 Å². The van der Waals surface area contributed by atoms with Gasteiger partial charge in [-0.1, -0.05) is 12.1 Å². The molecule has 0 bridgehead atoms. The van der Waals surface area contributed by atoms with Crippen molar-refractivity contribution in [3.8, 4) is 0 Å². The Bertz CT molecular complexity index is 860. The van der Waals surface area contributed by atoms with Crippen LogP contribution in [0.1, 0.15) is 11.6 Å². The van der Waals surface area contributed by atoms with Crippen LogP contribution >= 0.6 is 0 Å². The summed E-state index contributed by atoms with van der Waals surface area (Å²) in [5.74, 6) is 1.20. The first-order chi connectivity index (χ1) is 12.9. The van der Waals surface area contributed by atoms with Crippen LogP contribution in [0.2, 0.25) is 0 Å². The minimum absolute atomic E-state index is 0.0505. The maximum atomic E-state index is 13.9. The molecule has 3 atom stereocenters. The lowest BCUT2D eigenvalue weighted by Gasteiger charge is -2.31. The van der Waals surface area contributed by atoms with Crippen molar-refractivity contribution >= 4 is 17.8 Å². The Morgan fingerprint density at radius 2 is 2.07 bits per heavy atom. The Morgan fingerprint density at radius 3 is 2.78 bits per heavy atom. The summed E-state index contributed by atoms with van der Waals surface area (Å²) in [4.78, 5) is 26.9. The number of nitrogen functional groups attached to an aromatic ring is 1. The molecule has 2 N–H and O–H groups in total. The number of aromatic nitrogens is 2. The first kappa shape index (κ1) is 17.5. The fourth-order valence-corrected chi connectivity index (χ4v) is 4.29. The summed E-state index contributed by atoms with van der Waals surface area (Å²) in [5.41, 5.74) is 6.62. The van der Waals surface area contributed by atoms with E-state index in [0.29, 0.717) is 24.9 Å². The van der Waals surface area contributed by atoms with Gasteiger partial charge in [-0.2, -0.15) is 4.98 Å². The smallest absolute Gasteiger partial charge is 0.320 e. The van der Waals surface area contributed by atoms with Crippen LogP contribution in [0.5, 0.6) is 0 Å².